The van der Waals surface area contributed by atoms with E-state index < -0.39 is 0 Å². The summed E-state index contributed by atoms with van der Waals surface area (Å²) in [6.07, 6.45) is 1.92. The minimum Gasteiger partial charge on any atom is -0.464 e. The zero-order chi connectivity index (χ0) is 10.8. The van der Waals surface area contributed by atoms with Crippen LogP contribution in [0.15, 0.2) is 0 Å². The summed E-state index contributed by atoms with van der Waals surface area (Å²) in [5, 5.41) is 0. The van der Waals surface area contributed by atoms with Gasteiger partial charge in [-0.1, -0.05) is 20.8 Å². The lowest BCUT2D eigenvalue weighted by Crippen LogP contribution is -2.25. The Morgan fingerprint density at radius 3 is 2.57 bits per heavy atom. The van der Waals surface area contributed by atoms with Gasteiger partial charge in [-0.3, -0.25) is 4.79 Å². The summed E-state index contributed by atoms with van der Waals surface area (Å²) in [6.45, 7) is 7.17. The monoisotopic (exact) mass is 199 g/mol. The highest BCUT2D eigenvalue weighted by Crippen LogP contribution is 2.57. The second-order valence-corrected chi connectivity index (χ2v) is 4.78. The molecule has 0 bridgehead atoms. The molecule has 1 aliphatic rings. The van der Waals surface area contributed by atoms with Crippen molar-refractivity contribution in [2.75, 3.05) is 13.2 Å². The number of hydrogen-bond donors (Lipinski definition) is 1. The summed E-state index contributed by atoms with van der Waals surface area (Å²) < 4.78 is 5.13. The highest BCUT2D eigenvalue weighted by atomic mass is 16.5. The van der Waals surface area contributed by atoms with Gasteiger partial charge in [0.2, 0.25) is 0 Å². The van der Waals surface area contributed by atoms with Crippen LogP contribution in [-0.2, 0) is 9.53 Å². The molecule has 0 aromatic heterocycles. The van der Waals surface area contributed by atoms with Gasteiger partial charge in [0.05, 0.1) is 5.41 Å². The Kier molecular flexibility index (Phi) is 3.53. The molecule has 0 saturated heterocycles. The molecular weight excluding hydrogens is 178 g/mol. The first-order valence-electron chi connectivity index (χ1n) is 5.40. The Hall–Kier alpha value is -0.570. The van der Waals surface area contributed by atoms with Gasteiger partial charge < -0.3 is 10.5 Å². The maximum absolute atomic E-state index is 11.8. The Labute approximate surface area is 86.0 Å². The second-order valence-electron chi connectivity index (χ2n) is 4.78. The molecule has 1 fully saturated rings. The van der Waals surface area contributed by atoms with E-state index in [0.29, 0.717) is 25.0 Å². The van der Waals surface area contributed by atoms with Gasteiger partial charge in [0.25, 0.3) is 0 Å². The van der Waals surface area contributed by atoms with E-state index in [0.717, 1.165) is 12.8 Å². The van der Waals surface area contributed by atoms with Crippen molar-refractivity contribution in [3.05, 3.63) is 0 Å². The molecule has 3 heteroatoms. The SMILES string of the molecule is CC(C)CC1(C(=O)OCCN)CC1C. The van der Waals surface area contributed by atoms with Crippen LogP contribution in [0.4, 0.5) is 0 Å². The van der Waals surface area contributed by atoms with Gasteiger partial charge in [-0.25, -0.2) is 0 Å². The Bertz CT molecular complexity index is 215. The van der Waals surface area contributed by atoms with E-state index in [1.807, 2.05) is 0 Å². The fourth-order valence-corrected chi connectivity index (χ4v) is 2.16. The van der Waals surface area contributed by atoms with E-state index in [4.69, 9.17) is 10.5 Å². The Balaban J connectivity index is 2.49. The first-order chi connectivity index (χ1) is 6.53. The Morgan fingerprint density at radius 1 is 1.64 bits per heavy atom. The predicted molar refractivity (Wildman–Crippen MR) is 55.7 cm³/mol. The van der Waals surface area contributed by atoms with Crippen LogP contribution >= 0.6 is 0 Å². The van der Waals surface area contributed by atoms with Gasteiger partial charge in [-0.15, -0.1) is 0 Å². The standard InChI is InChI=1S/C11H21NO2/c1-8(2)6-11(7-9(11)3)10(13)14-5-4-12/h8-9H,4-7,12H2,1-3H3. The van der Waals surface area contributed by atoms with Gasteiger partial charge in [0.1, 0.15) is 6.61 Å². The van der Waals surface area contributed by atoms with Gasteiger partial charge in [0, 0.05) is 6.54 Å². The van der Waals surface area contributed by atoms with Crippen molar-refractivity contribution in [2.45, 2.75) is 33.6 Å². The van der Waals surface area contributed by atoms with Crippen molar-refractivity contribution in [2.24, 2.45) is 23.0 Å². The van der Waals surface area contributed by atoms with Crippen molar-refractivity contribution in [1.82, 2.24) is 0 Å². The average molecular weight is 199 g/mol. The van der Waals surface area contributed by atoms with E-state index in [-0.39, 0.29) is 11.4 Å². The normalized spacial score (nSPS) is 30.5. The van der Waals surface area contributed by atoms with Crippen LogP contribution in [0.1, 0.15) is 33.6 Å². The molecule has 2 N–H and O–H groups in total. The first-order valence-corrected chi connectivity index (χ1v) is 5.40. The molecule has 0 amide bonds. The van der Waals surface area contributed by atoms with Gasteiger partial charge >= 0.3 is 5.97 Å². The van der Waals surface area contributed by atoms with E-state index in [1.54, 1.807) is 0 Å². The van der Waals surface area contributed by atoms with Gasteiger partial charge in [-0.05, 0) is 24.7 Å². The molecule has 0 spiro atoms. The van der Waals surface area contributed by atoms with E-state index in [9.17, 15) is 4.79 Å². The van der Waals surface area contributed by atoms with Gasteiger partial charge in [-0.2, -0.15) is 0 Å². The zero-order valence-electron chi connectivity index (χ0n) is 9.38. The third kappa shape index (κ3) is 2.27. The molecule has 0 aromatic rings. The molecule has 82 valence electrons. The van der Waals surface area contributed by atoms with Crippen LogP contribution in [0.3, 0.4) is 0 Å². The van der Waals surface area contributed by atoms with Crippen molar-refractivity contribution in [1.29, 1.82) is 0 Å². The molecule has 0 aliphatic heterocycles. The minimum absolute atomic E-state index is 0.0378. The molecule has 0 radical (unpaired) electrons. The van der Waals surface area contributed by atoms with Crippen molar-refractivity contribution >= 4 is 5.97 Å². The molecule has 1 rings (SSSR count). The fourth-order valence-electron chi connectivity index (χ4n) is 2.16. The number of rotatable bonds is 5. The van der Waals surface area contributed by atoms with Crippen molar-refractivity contribution < 1.29 is 9.53 Å². The molecule has 2 atom stereocenters. The second kappa shape index (κ2) is 4.30. The van der Waals surface area contributed by atoms with Crippen LogP contribution in [0.25, 0.3) is 0 Å². The number of ether oxygens (including phenoxy) is 1. The molecular formula is C11H21NO2. The van der Waals surface area contributed by atoms with Crippen LogP contribution in [-0.4, -0.2) is 19.1 Å². The molecule has 0 aromatic carbocycles. The number of nitrogens with two attached hydrogens (primary N) is 1. The lowest BCUT2D eigenvalue weighted by molar-refractivity contribution is -0.151. The van der Waals surface area contributed by atoms with Crippen LogP contribution in [0, 0.1) is 17.3 Å². The summed E-state index contributed by atoms with van der Waals surface area (Å²) in [5.41, 5.74) is 5.12. The first kappa shape index (κ1) is 11.5. The topological polar surface area (TPSA) is 52.3 Å². The number of carbonyl (C=O) groups is 1. The summed E-state index contributed by atoms with van der Waals surface area (Å²) >= 11 is 0. The van der Waals surface area contributed by atoms with Crippen LogP contribution in [0.5, 0.6) is 0 Å². The lowest BCUT2D eigenvalue weighted by Gasteiger charge is -2.17. The lowest BCUT2D eigenvalue weighted by atomic mass is 9.92. The molecule has 1 saturated carbocycles. The minimum atomic E-state index is -0.177. The van der Waals surface area contributed by atoms with Crippen molar-refractivity contribution in [3.63, 3.8) is 0 Å². The van der Waals surface area contributed by atoms with E-state index in [2.05, 4.69) is 20.8 Å². The highest BCUT2D eigenvalue weighted by Gasteiger charge is 2.58. The molecule has 2 unspecified atom stereocenters. The maximum Gasteiger partial charge on any atom is 0.312 e. The van der Waals surface area contributed by atoms with E-state index >= 15 is 0 Å². The number of carbonyl (C=O) groups excluding carboxylic acids is 1. The third-order valence-corrected chi connectivity index (χ3v) is 2.98. The largest absolute Gasteiger partial charge is 0.464 e. The third-order valence-electron chi connectivity index (χ3n) is 2.98. The molecule has 0 heterocycles. The smallest absolute Gasteiger partial charge is 0.312 e. The van der Waals surface area contributed by atoms with Crippen LogP contribution in [0.2, 0.25) is 0 Å². The van der Waals surface area contributed by atoms with Crippen LogP contribution < -0.4 is 5.73 Å². The summed E-state index contributed by atoms with van der Waals surface area (Å²) in [7, 11) is 0. The van der Waals surface area contributed by atoms with E-state index in [1.165, 1.54) is 0 Å². The number of hydrogen-bond acceptors (Lipinski definition) is 3. The number of esters is 1. The molecule has 3 nitrogen and oxygen atoms in total. The average Bonchev–Trinajstić information content (AvgIpc) is 2.72. The fraction of sp³-hybridized carbons (Fsp3) is 0.909. The van der Waals surface area contributed by atoms with Crippen molar-refractivity contribution in [3.8, 4) is 0 Å². The summed E-state index contributed by atoms with van der Waals surface area (Å²) in [5.74, 6) is 0.990. The Morgan fingerprint density at radius 2 is 2.21 bits per heavy atom. The quantitative estimate of drug-likeness (QED) is 0.684. The van der Waals surface area contributed by atoms with Gasteiger partial charge in [0.15, 0.2) is 0 Å². The maximum atomic E-state index is 11.8. The highest BCUT2D eigenvalue weighted by molar-refractivity contribution is 5.80. The summed E-state index contributed by atoms with van der Waals surface area (Å²) in [6, 6.07) is 0. The predicted octanol–water partition coefficient (Wildman–Crippen LogP) is 1.56. The summed E-state index contributed by atoms with van der Waals surface area (Å²) in [4.78, 5) is 11.8. The molecule has 14 heavy (non-hydrogen) atoms. The molecule has 1 aliphatic carbocycles. The zero-order valence-corrected chi connectivity index (χ0v) is 9.38.